The van der Waals surface area contributed by atoms with Gasteiger partial charge in [-0.25, -0.2) is 0 Å². The van der Waals surface area contributed by atoms with Gasteiger partial charge in [-0.2, -0.15) is 0 Å². The predicted molar refractivity (Wildman–Crippen MR) is 79.8 cm³/mol. The molecule has 0 aliphatic rings. The molecule has 1 aromatic carbocycles. The third-order valence-corrected chi connectivity index (χ3v) is 3.38. The van der Waals surface area contributed by atoms with Crippen molar-refractivity contribution in [2.75, 3.05) is 6.61 Å². The summed E-state index contributed by atoms with van der Waals surface area (Å²) in [6, 6.07) is 5.88. The molecular weight excluding hydrogens is 346 g/mol. The first-order chi connectivity index (χ1) is 7.82. The Morgan fingerprint density at radius 1 is 1.24 bits per heavy atom. The van der Waals surface area contributed by atoms with E-state index in [0.29, 0.717) is 0 Å². The molecule has 0 saturated heterocycles. The minimum atomic E-state index is -0.0831. The molecule has 1 rings (SSSR count). The fourth-order valence-electron chi connectivity index (χ4n) is 1.37. The second-order valence-electron chi connectivity index (χ2n) is 5.05. The van der Waals surface area contributed by atoms with Crippen molar-refractivity contribution < 1.29 is 5.11 Å². The lowest BCUT2D eigenvalue weighted by molar-refractivity contribution is 0.191. The molecular formula is C13H17Br2NO. The molecule has 1 aromatic rings. The van der Waals surface area contributed by atoms with Crippen molar-refractivity contribution in [2.45, 2.75) is 26.8 Å². The fraction of sp³-hybridized carbons (Fsp3) is 0.462. The van der Waals surface area contributed by atoms with Crippen LogP contribution in [0, 0.1) is 5.41 Å². The topological polar surface area (TPSA) is 32.6 Å². The van der Waals surface area contributed by atoms with E-state index in [4.69, 9.17) is 0 Å². The third-order valence-electron chi connectivity index (χ3n) is 2.46. The fourth-order valence-corrected chi connectivity index (χ4v) is 2.70. The van der Waals surface area contributed by atoms with Crippen molar-refractivity contribution in [1.82, 2.24) is 0 Å². The smallest absolute Gasteiger partial charge is 0.0778 e. The van der Waals surface area contributed by atoms with Crippen molar-refractivity contribution in [1.29, 1.82) is 0 Å². The van der Waals surface area contributed by atoms with Crippen LogP contribution in [0.2, 0.25) is 0 Å². The number of aliphatic hydroxyl groups excluding tert-OH is 1. The van der Waals surface area contributed by atoms with Gasteiger partial charge in [0.05, 0.1) is 12.6 Å². The maximum Gasteiger partial charge on any atom is 0.0778 e. The summed E-state index contributed by atoms with van der Waals surface area (Å²) in [5, 5.41) is 9.32. The van der Waals surface area contributed by atoms with Gasteiger partial charge in [-0.05, 0) is 29.2 Å². The quantitative estimate of drug-likeness (QED) is 0.808. The Bertz CT molecular complexity index is 390. The highest BCUT2D eigenvalue weighted by atomic mass is 79.9. The number of halogens is 2. The zero-order valence-electron chi connectivity index (χ0n) is 10.2. The molecule has 94 valence electrons. The molecule has 0 radical (unpaired) electrons. The van der Waals surface area contributed by atoms with Crippen LogP contribution in [0.15, 0.2) is 32.1 Å². The van der Waals surface area contributed by atoms with E-state index >= 15 is 0 Å². The van der Waals surface area contributed by atoms with Crippen LogP contribution in [0.3, 0.4) is 0 Å². The van der Waals surface area contributed by atoms with Gasteiger partial charge in [0.15, 0.2) is 0 Å². The van der Waals surface area contributed by atoms with Gasteiger partial charge < -0.3 is 5.11 Å². The Hall–Kier alpha value is -0.190. The molecule has 0 aliphatic heterocycles. The molecule has 0 spiro atoms. The van der Waals surface area contributed by atoms with E-state index in [9.17, 15) is 5.11 Å². The van der Waals surface area contributed by atoms with Gasteiger partial charge in [-0.15, -0.1) is 0 Å². The van der Waals surface area contributed by atoms with Gasteiger partial charge in [-0.3, -0.25) is 4.99 Å². The minimum Gasteiger partial charge on any atom is -0.394 e. The van der Waals surface area contributed by atoms with Gasteiger partial charge >= 0.3 is 0 Å². The molecule has 0 fully saturated rings. The zero-order chi connectivity index (χ0) is 13.1. The highest BCUT2D eigenvalue weighted by Crippen LogP contribution is 2.23. The minimum absolute atomic E-state index is 0.0332. The second kappa shape index (κ2) is 6.12. The summed E-state index contributed by atoms with van der Waals surface area (Å²) in [6.07, 6.45) is 1.81. The molecule has 0 aromatic heterocycles. The average Bonchev–Trinajstić information content (AvgIpc) is 2.14. The van der Waals surface area contributed by atoms with Crippen LogP contribution in [0.1, 0.15) is 26.3 Å². The van der Waals surface area contributed by atoms with E-state index in [1.54, 1.807) is 0 Å². The summed E-state index contributed by atoms with van der Waals surface area (Å²) in [7, 11) is 0. The predicted octanol–water partition coefficient (Wildman–Crippen LogP) is 4.04. The van der Waals surface area contributed by atoms with Crippen molar-refractivity contribution in [2.24, 2.45) is 10.4 Å². The normalized spacial score (nSPS) is 14.2. The number of nitrogens with zero attached hydrogens (tertiary/aromatic N) is 1. The maximum atomic E-state index is 9.32. The monoisotopic (exact) mass is 361 g/mol. The number of rotatable bonds is 3. The Balaban J connectivity index is 2.89. The van der Waals surface area contributed by atoms with Gasteiger partial charge in [-0.1, -0.05) is 52.6 Å². The molecule has 1 atom stereocenters. The average molecular weight is 363 g/mol. The molecule has 0 bridgehead atoms. The van der Waals surface area contributed by atoms with Crippen molar-refractivity contribution >= 4 is 38.1 Å². The summed E-state index contributed by atoms with van der Waals surface area (Å²) in [4.78, 5) is 4.45. The van der Waals surface area contributed by atoms with Crippen LogP contribution in [-0.4, -0.2) is 24.0 Å². The lowest BCUT2D eigenvalue weighted by atomic mass is 9.88. The SMILES string of the molecule is CC(C)(C)[C@H](CO)N=Cc1cc(Br)cc(Br)c1. The first-order valence-electron chi connectivity index (χ1n) is 5.43. The Labute approximate surface area is 119 Å². The van der Waals surface area contributed by atoms with Crippen LogP contribution in [0.4, 0.5) is 0 Å². The van der Waals surface area contributed by atoms with E-state index in [-0.39, 0.29) is 18.1 Å². The van der Waals surface area contributed by atoms with Crippen LogP contribution >= 0.6 is 31.9 Å². The standard InChI is InChI=1S/C13H17Br2NO/c1-13(2,3)12(8-17)16-7-9-4-10(14)6-11(15)5-9/h4-7,12,17H,8H2,1-3H3/t12-/m0/s1. The van der Waals surface area contributed by atoms with Crippen LogP contribution in [0.25, 0.3) is 0 Å². The van der Waals surface area contributed by atoms with Crippen molar-refractivity contribution in [3.63, 3.8) is 0 Å². The molecule has 1 N–H and O–H groups in total. The van der Waals surface area contributed by atoms with Gasteiger partial charge in [0, 0.05) is 15.2 Å². The second-order valence-corrected chi connectivity index (χ2v) is 6.88. The molecule has 0 saturated carbocycles. The first-order valence-corrected chi connectivity index (χ1v) is 7.01. The van der Waals surface area contributed by atoms with Gasteiger partial charge in [0.2, 0.25) is 0 Å². The molecule has 0 amide bonds. The largest absolute Gasteiger partial charge is 0.394 e. The van der Waals surface area contributed by atoms with E-state index in [1.165, 1.54) is 0 Å². The van der Waals surface area contributed by atoms with Crippen LogP contribution < -0.4 is 0 Å². The number of aliphatic hydroxyl groups is 1. The Kier molecular flexibility index (Phi) is 5.35. The highest BCUT2D eigenvalue weighted by molar-refractivity contribution is 9.11. The van der Waals surface area contributed by atoms with Crippen molar-refractivity contribution in [3.05, 3.63) is 32.7 Å². The van der Waals surface area contributed by atoms with E-state index < -0.39 is 0 Å². The molecule has 17 heavy (non-hydrogen) atoms. The molecule has 2 nitrogen and oxygen atoms in total. The molecule has 4 heteroatoms. The Morgan fingerprint density at radius 2 is 1.76 bits per heavy atom. The van der Waals surface area contributed by atoms with Gasteiger partial charge in [0.25, 0.3) is 0 Å². The molecule has 0 unspecified atom stereocenters. The summed E-state index contributed by atoms with van der Waals surface area (Å²) in [5.74, 6) is 0. The van der Waals surface area contributed by atoms with Crippen molar-refractivity contribution in [3.8, 4) is 0 Å². The first kappa shape index (κ1) is 14.9. The highest BCUT2D eigenvalue weighted by Gasteiger charge is 2.22. The third kappa shape index (κ3) is 4.90. The number of aliphatic imine (C=N–C) groups is 1. The van der Waals surface area contributed by atoms with Crippen LogP contribution in [0.5, 0.6) is 0 Å². The van der Waals surface area contributed by atoms with Gasteiger partial charge in [0.1, 0.15) is 0 Å². The summed E-state index contributed by atoms with van der Waals surface area (Å²) in [6.45, 7) is 6.28. The zero-order valence-corrected chi connectivity index (χ0v) is 13.4. The Morgan fingerprint density at radius 3 is 2.18 bits per heavy atom. The number of hydrogen-bond donors (Lipinski definition) is 1. The molecule has 0 aliphatic carbocycles. The summed E-state index contributed by atoms with van der Waals surface area (Å²) >= 11 is 6.87. The van der Waals surface area contributed by atoms with Crippen LogP contribution in [-0.2, 0) is 0 Å². The van der Waals surface area contributed by atoms with E-state index in [1.807, 2.05) is 24.4 Å². The number of hydrogen-bond acceptors (Lipinski definition) is 2. The van der Waals surface area contributed by atoms with E-state index in [2.05, 4.69) is 57.6 Å². The summed E-state index contributed by atoms with van der Waals surface area (Å²) in [5.41, 5.74) is 0.975. The van der Waals surface area contributed by atoms with E-state index in [0.717, 1.165) is 14.5 Å². The maximum absolute atomic E-state index is 9.32. The lowest BCUT2D eigenvalue weighted by Gasteiger charge is -2.25. The number of benzene rings is 1. The summed E-state index contributed by atoms with van der Waals surface area (Å²) < 4.78 is 2.01. The molecule has 0 heterocycles. The lowest BCUT2D eigenvalue weighted by Crippen LogP contribution is -2.28.